The smallest absolute Gasteiger partial charge is 0.236 e. The number of rotatable bonds is 14. The van der Waals surface area contributed by atoms with E-state index in [4.69, 9.17) is 23.7 Å². The molecule has 4 fully saturated rings. The second-order valence-corrected chi connectivity index (χ2v) is 17.1. The van der Waals surface area contributed by atoms with Gasteiger partial charge < -0.3 is 69.4 Å². The molecule has 0 radical (unpaired) electrons. The third-order valence-corrected chi connectivity index (χ3v) is 13.2. The number of amides is 1. The maximum atomic E-state index is 14.5. The summed E-state index contributed by atoms with van der Waals surface area (Å²) in [6, 6.07) is 31.8. The lowest BCUT2D eigenvalue weighted by Crippen LogP contribution is -2.65. The van der Waals surface area contributed by atoms with Crippen LogP contribution in [0.4, 0.5) is 5.69 Å². The molecule has 15 nitrogen and oxygen atoms in total. The molecule has 0 bridgehead atoms. The first-order valence-electron chi connectivity index (χ1n) is 21.7. The number of aliphatic hydroxyl groups excluding tert-OH is 7. The topological polar surface area (TPSA) is 228 Å². The lowest BCUT2D eigenvalue weighted by molar-refractivity contribution is -0.352. The Morgan fingerprint density at radius 1 is 0.698 bits per heavy atom. The second kappa shape index (κ2) is 18.9. The van der Waals surface area contributed by atoms with Crippen LogP contribution in [0.1, 0.15) is 62.6 Å². The van der Waals surface area contributed by atoms with Gasteiger partial charge in [-0.1, -0.05) is 86.1 Å². The van der Waals surface area contributed by atoms with Gasteiger partial charge in [0.05, 0.1) is 36.9 Å². The molecule has 3 saturated heterocycles. The van der Waals surface area contributed by atoms with Crippen molar-refractivity contribution >= 4 is 11.6 Å². The number of carbonyl (C=O) groups excluding carboxylic acids is 1. The van der Waals surface area contributed by atoms with E-state index in [-0.39, 0.29) is 17.7 Å². The average Bonchev–Trinajstić information content (AvgIpc) is 3.31. The largest absolute Gasteiger partial charge is 0.493 e. The van der Waals surface area contributed by atoms with Gasteiger partial charge in [0, 0.05) is 11.3 Å². The van der Waals surface area contributed by atoms with Crippen LogP contribution in [-0.2, 0) is 24.6 Å². The van der Waals surface area contributed by atoms with Crippen molar-refractivity contribution in [1.29, 1.82) is 0 Å². The maximum absolute atomic E-state index is 14.5. The Morgan fingerprint density at radius 2 is 1.35 bits per heavy atom. The van der Waals surface area contributed by atoms with E-state index in [1.165, 1.54) is 0 Å². The van der Waals surface area contributed by atoms with E-state index < -0.39 is 85.6 Å². The molecule has 8 rings (SSSR count). The fourth-order valence-corrected chi connectivity index (χ4v) is 9.51. The summed E-state index contributed by atoms with van der Waals surface area (Å²) in [5.41, 5.74) is 2.18. The lowest BCUT2D eigenvalue weighted by Gasteiger charge is -2.59. The number of aliphatic hydroxyl groups is 8. The number of carbonyl (C=O) groups is 1. The molecule has 3 heterocycles. The summed E-state index contributed by atoms with van der Waals surface area (Å²) in [7, 11) is 0. The quantitative estimate of drug-likeness (QED) is 0.0674. The Bertz CT molecular complexity index is 2150. The van der Waals surface area contributed by atoms with Gasteiger partial charge in [0.2, 0.25) is 12.2 Å². The van der Waals surface area contributed by atoms with Gasteiger partial charge in [0.25, 0.3) is 0 Å². The van der Waals surface area contributed by atoms with Crippen molar-refractivity contribution < 1.29 is 69.3 Å². The first-order valence-corrected chi connectivity index (χ1v) is 21.7. The maximum Gasteiger partial charge on any atom is 0.236 e. The molecule has 0 aromatic heterocycles. The summed E-state index contributed by atoms with van der Waals surface area (Å²) >= 11 is 0. The Kier molecular flexibility index (Phi) is 13.5. The van der Waals surface area contributed by atoms with Gasteiger partial charge in [0.15, 0.2) is 6.29 Å². The van der Waals surface area contributed by atoms with Crippen molar-refractivity contribution in [2.24, 2.45) is 5.41 Å². The van der Waals surface area contributed by atoms with Gasteiger partial charge in [-0.25, -0.2) is 0 Å². The first-order chi connectivity index (χ1) is 30.4. The zero-order valence-electron chi connectivity index (χ0n) is 35.0. The fraction of sp³-hybridized carbons (Fsp3) is 0.479. The second-order valence-electron chi connectivity index (χ2n) is 17.1. The zero-order chi connectivity index (χ0) is 44.5. The molecule has 1 saturated carbocycles. The molecule has 63 heavy (non-hydrogen) atoms. The molecule has 11 atom stereocenters. The highest BCUT2D eigenvalue weighted by atomic mass is 16.7. The van der Waals surface area contributed by atoms with Gasteiger partial charge in [0.1, 0.15) is 60.3 Å². The number of hydrogen-bond acceptors (Lipinski definition) is 14. The Hall–Kier alpha value is -4.49. The lowest BCUT2D eigenvalue weighted by atomic mass is 9.56. The van der Waals surface area contributed by atoms with Gasteiger partial charge >= 0.3 is 0 Å². The predicted octanol–water partition coefficient (Wildman–Crippen LogP) is 3.07. The summed E-state index contributed by atoms with van der Waals surface area (Å²) in [5, 5.41) is 84.8. The van der Waals surface area contributed by atoms with Gasteiger partial charge in [-0.05, 0) is 79.1 Å². The number of nitrogens with zero attached hydrogens (tertiary/aromatic N) is 1. The van der Waals surface area contributed by atoms with E-state index >= 15 is 0 Å². The van der Waals surface area contributed by atoms with Crippen molar-refractivity contribution in [2.75, 3.05) is 24.7 Å². The molecule has 338 valence electrons. The number of ether oxygens (including phenoxy) is 5. The van der Waals surface area contributed by atoms with Gasteiger partial charge in [-0.15, -0.1) is 0 Å². The van der Waals surface area contributed by atoms with E-state index in [0.717, 1.165) is 40.8 Å². The fourth-order valence-electron chi connectivity index (χ4n) is 9.51. The first kappa shape index (κ1) is 45.1. The molecular weight excluding hydrogens is 815 g/mol. The molecule has 4 aromatic carbocycles. The molecular formula is C48H57NO14. The van der Waals surface area contributed by atoms with Crippen LogP contribution < -0.4 is 14.4 Å². The van der Waals surface area contributed by atoms with Crippen molar-refractivity contribution in [3.05, 3.63) is 114 Å². The standard InChI is InChI=1S/C48H57NO14/c1-2-3-23-59-34-25-29(17-18-33(34)43-47(46(57)49(43)31-14-8-5-9-15-31)19-21-48(58,22-20-47)30-12-6-4-7-13-30)28-11-10-16-32(24-28)60-44-41(56)39(54)42(36(27-51)62-44)63-45-40(55)38(53)37(52)35(26-50)61-45/h4-18,24-25,35-45,50-56,58H,2-3,19-23,26-27H2,1H3/t35-,36-,37-,38+,39-,40-,41-,42-,43-,44-,45+,47?,48?/m1/s1. The highest BCUT2D eigenvalue weighted by molar-refractivity contribution is 6.06. The SMILES string of the molecule is CCCCOc1cc(-c2cccc(O[C@@H]3O[C@H](CO)[C@@H](O[C@@H]4O[C@H](CO)[C@@H](O)[C@H](O)[C@H]4O)[C@H](O)[C@H]3O)c2)ccc1[C@H]1N(c2ccccc2)C(=O)C12CCC(O)(c1ccccc1)CC2. The summed E-state index contributed by atoms with van der Waals surface area (Å²) < 4.78 is 29.6. The zero-order valence-corrected chi connectivity index (χ0v) is 35.0. The van der Waals surface area contributed by atoms with Crippen LogP contribution in [0, 0.1) is 5.41 Å². The normalized spacial score (nSPS) is 34.4. The van der Waals surface area contributed by atoms with Crippen LogP contribution in [0.5, 0.6) is 11.5 Å². The van der Waals surface area contributed by atoms with Crippen LogP contribution >= 0.6 is 0 Å². The minimum Gasteiger partial charge on any atom is -0.493 e. The Labute approximate surface area is 365 Å². The van der Waals surface area contributed by atoms with Crippen LogP contribution in [0.3, 0.4) is 0 Å². The van der Waals surface area contributed by atoms with E-state index in [0.29, 0.717) is 38.0 Å². The number of hydrogen-bond donors (Lipinski definition) is 8. The van der Waals surface area contributed by atoms with Crippen molar-refractivity contribution in [3.8, 4) is 22.6 Å². The summed E-state index contributed by atoms with van der Waals surface area (Å²) in [6.45, 7) is 1.13. The Balaban J connectivity index is 1.04. The molecule has 1 spiro atoms. The molecule has 8 N–H and O–H groups in total. The summed E-state index contributed by atoms with van der Waals surface area (Å²) in [4.78, 5) is 16.3. The van der Waals surface area contributed by atoms with E-state index in [2.05, 4.69) is 6.92 Å². The Morgan fingerprint density at radius 3 is 2.03 bits per heavy atom. The third-order valence-electron chi connectivity index (χ3n) is 13.2. The highest BCUT2D eigenvalue weighted by Gasteiger charge is 2.64. The molecule has 3 aliphatic heterocycles. The molecule has 1 aliphatic carbocycles. The monoisotopic (exact) mass is 871 g/mol. The number of para-hydroxylation sites is 1. The number of unbranched alkanes of at least 4 members (excludes halogenated alkanes) is 1. The molecule has 15 heteroatoms. The molecule has 1 amide bonds. The highest BCUT2D eigenvalue weighted by Crippen LogP contribution is 2.62. The van der Waals surface area contributed by atoms with E-state index in [1.807, 2.05) is 89.8 Å². The van der Waals surface area contributed by atoms with Crippen LogP contribution in [-0.4, -0.2) is 128 Å². The van der Waals surface area contributed by atoms with Gasteiger partial charge in [-0.2, -0.15) is 0 Å². The molecule has 0 unspecified atom stereocenters. The van der Waals surface area contributed by atoms with Gasteiger partial charge in [-0.3, -0.25) is 4.79 Å². The van der Waals surface area contributed by atoms with E-state index in [9.17, 15) is 45.6 Å². The van der Waals surface area contributed by atoms with Crippen LogP contribution in [0.25, 0.3) is 11.1 Å². The molecule has 4 aromatic rings. The van der Waals surface area contributed by atoms with Crippen molar-refractivity contribution in [1.82, 2.24) is 0 Å². The number of benzene rings is 4. The van der Waals surface area contributed by atoms with E-state index in [1.54, 1.807) is 18.2 Å². The van der Waals surface area contributed by atoms with Crippen LogP contribution in [0.15, 0.2) is 103 Å². The van der Waals surface area contributed by atoms with Crippen molar-refractivity contribution in [2.45, 2.75) is 119 Å². The number of β-lactam (4-membered cyclic amide) rings is 1. The van der Waals surface area contributed by atoms with Crippen LogP contribution in [0.2, 0.25) is 0 Å². The predicted molar refractivity (Wildman–Crippen MR) is 227 cm³/mol. The average molecular weight is 872 g/mol. The minimum atomic E-state index is -1.79. The van der Waals surface area contributed by atoms with Crippen molar-refractivity contribution in [3.63, 3.8) is 0 Å². The third kappa shape index (κ3) is 8.60. The summed E-state index contributed by atoms with van der Waals surface area (Å²) in [5.74, 6) is 0.909. The molecule has 4 aliphatic rings. The minimum absolute atomic E-state index is 0.0229. The number of anilines is 1. The summed E-state index contributed by atoms with van der Waals surface area (Å²) in [6.07, 6.45) is -12.3.